The van der Waals surface area contributed by atoms with Crippen LogP contribution in [-0.4, -0.2) is 70.1 Å². The lowest BCUT2D eigenvalue weighted by Gasteiger charge is -2.26. The maximum atomic E-state index is 12.1. The Bertz CT molecular complexity index is 734. The predicted octanol–water partition coefficient (Wildman–Crippen LogP) is 2.34. The van der Waals surface area contributed by atoms with Crippen molar-refractivity contribution in [2.24, 2.45) is 0 Å². The predicted molar refractivity (Wildman–Crippen MR) is 116 cm³/mol. The number of allylic oxidation sites excluding steroid dienone is 1. The van der Waals surface area contributed by atoms with Gasteiger partial charge < -0.3 is 24.5 Å². The first-order chi connectivity index (χ1) is 14.0. The van der Waals surface area contributed by atoms with Gasteiger partial charge in [-0.1, -0.05) is 35.9 Å². The van der Waals surface area contributed by atoms with E-state index in [0.717, 1.165) is 16.8 Å². The molecule has 0 spiro atoms. The molecule has 1 amide bonds. The number of benzene rings is 1. The molecule has 9 nitrogen and oxygen atoms in total. The summed E-state index contributed by atoms with van der Waals surface area (Å²) in [7, 11) is -4.10. The lowest BCUT2D eigenvalue weighted by atomic mass is 10.1. The molecule has 0 heterocycles. The number of carboxylic acids is 1. The van der Waals surface area contributed by atoms with Crippen LogP contribution in [0.3, 0.4) is 0 Å². The maximum absolute atomic E-state index is 12.1. The van der Waals surface area contributed by atoms with E-state index in [1.165, 1.54) is 0 Å². The smallest absolute Gasteiger partial charge is 0.339 e. The third-order valence-corrected chi connectivity index (χ3v) is 4.33. The average molecular weight is 465 g/mol. The van der Waals surface area contributed by atoms with Crippen molar-refractivity contribution in [2.75, 3.05) is 38.5 Å². The summed E-state index contributed by atoms with van der Waals surface area (Å²) in [5, 5.41) is 10.1. The number of amides is 1. The van der Waals surface area contributed by atoms with Crippen molar-refractivity contribution in [2.45, 2.75) is 20.8 Å². The van der Waals surface area contributed by atoms with Gasteiger partial charge in [-0.3, -0.25) is 19.5 Å². The van der Waals surface area contributed by atoms with Crippen LogP contribution < -0.4 is 5.32 Å². The van der Waals surface area contributed by atoms with Crippen molar-refractivity contribution in [1.29, 1.82) is 0 Å². The highest BCUT2D eigenvalue weighted by molar-refractivity contribution is 7.51. The molecule has 0 fully saturated rings. The number of carboxylic acid groups (broad SMARTS) is 1. The molecule has 0 radical (unpaired) electrons. The number of ether oxygens (including phenoxy) is 1. The molecular formula is C19H30ClN2O7P. The molecule has 0 bridgehead atoms. The van der Waals surface area contributed by atoms with E-state index >= 15 is 0 Å². The number of carbonyl (C=O) groups is 2. The third-order valence-electron chi connectivity index (χ3n) is 3.46. The second-order valence-corrected chi connectivity index (χ2v) is 8.15. The van der Waals surface area contributed by atoms with Gasteiger partial charge in [-0.15, -0.1) is 11.6 Å². The molecule has 0 atom stereocenters. The van der Waals surface area contributed by atoms with Gasteiger partial charge in [0.25, 0.3) is 0 Å². The molecular weight excluding hydrogens is 435 g/mol. The van der Waals surface area contributed by atoms with Crippen molar-refractivity contribution < 1.29 is 33.8 Å². The van der Waals surface area contributed by atoms with Gasteiger partial charge in [0.1, 0.15) is 5.88 Å². The number of halogens is 1. The van der Waals surface area contributed by atoms with Gasteiger partial charge in [0, 0.05) is 18.8 Å². The van der Waals surface area contributed by atoms with Gasteiger partial charge in [-0.2, -0.15) is 0 Å². The molecule has 0 saturated carbocycles. The Labute approximate surface area is 181 Å². The number of hydrogen-bond donors (Lipinski definition) is 4. The van der Waals surface area contributed by atoms with E-state index in [0.29, 0.717) is 19.8 Å². The average Bonchev–Trinajstić information content (AvgIpc) is 2.66. The summed E-state index contributed by atoms with van der Waals surface area (Å²) in [5.41, 5.74) is 3.00. The molecule has 170 valence electrons. The van der Waals surface area contributed by atoms with Crippen LogP contribution in [0.2, 0.25) is 0 Å². The summed E-state index contributed by atoms with van der Waals surface area (Å²) >= 11 is 5.74. The van der Waals surface area contributed by atoms with Gasteiger partial charge in [-0.05, 0) is 26.3 Å². The van der Waals surface area contributed by atoms with Gasteiger partial charge >= 0.3 is 13.6 Å². The SMILES string of the molecule is CCOCCN(C(=O)CCl)C(=C(C)C)c1ccccc1.O=C(O)CNCP(=O)(O)O. The minimum absolute atomic E-state index is 0.0320. The molecule has 1 aromatic rings. The van der Waals surface area contributed by atoms with E-state index in [-0.39, 0.29) is 11.8 Å². The van der Waals surface area contributed by atoms with Crippen LogP contribution in [0.5, 0.6) is 0 Å². The fourth-order valence-electron chi connectivity index (χ4n) is 2.35. The lowest BCUT2D eigenvalue weighted by Crippen LogP contribution is -2.34. The molecule has 11 heteroatoms. The number of nitrogens with zero attached hydrogens (tertiary/aromatic N) is 1. The second kappa shape index (κ2) is 15.1. The summed E-state index contributed by atoms with van der Waals surface area (Å²) in [4.78, 5) is 40.0. The van der Waals surface area contributed by atoms with Crippen molar-refractivity contribution in [3.05, 3.63) is 41.5 Å². The number of carbonyl (C=O) groups excluding carboxylic acids is 1. The van der Waals surface area contributed by atoms with Gasteiger partial charge in [-0.25, -0.2) is 0 Å². The van der Waals surface area contributed by atoms with Crippen molar-refractivity contribution in [3.8, 4) is 0 Å². The first-order valence-corrected chi connectivity index (χ1v) is 11.5. The van der Waals surface area contributed by atoms with E-state index in [9.17, 15) is 14.2 Å². The topological polar surface area (TPSA) is 136 Å². The van der Waals surface area contributed by atoms with E-state index in [2.05, 4.69) is 5.32 Å². The van der Waals surface area contributed by atoms with Crippen molar-refractivity contribution >= 4 is 36.8 Å². The molecule has 1 rings (SSSR count). The lowest BCUT2D eigenvalue weighted by molar-refractivity contribution is -0.135. The monoisotopic (exact) mass is 464 g/mol. The number of alkyl halides is 1. The van der Waals surface area contributed by atoms with E-state index in [1.807, 2.05) is 51.1 Å². The van der Waals surface area contributed by atoms with Gasteiger partial charge in [0.2, 0.25) is 5.91 Å². The van der Waals surface area contributed by atoms with Crippen LogP contribution in [0.25, 0.3) is 5.70 Å². The zero-order valence-electron chi connectivity index (χ0n) is 17.4. The standard InChI is InChI=1S/C16H22ClNO2.C3H8NO5P/c1-4-20-11-10-18(15(19)12-17)16(13(2)3)14-8-6-5-7-9-14;5-3(6)1-4-2-10(7,8)9/h5-9H,4,10-12H2,1-3H3;4H,1-2H2,(H,5,6)(H2,7,8,9). The van der Waals surface area contributed by atoms with E-state index < -0.39 is 26.4 Å². The van der Waals surface area contributed by atoms with E-state index in [1.54, 1.807) is 4.90 Å². The summed E-state index contributed by atoms with van der Waals surface area (Å²) in [6.07, 6.45) is -0.598. The number of hydrogen-bond acceptors (Lipinski definition) is 5. The minimum atomic E-state index is -4.10. The molecule has 30 heavy (non-hydrogen) atoms. The largest absolute Gasteiger partial charge is 0.480 e. The number of nitrogens with one attached hydrogen (secondary N) is 1. The molecule has 0 aromatic heterocycles. The fraction of sp³-hybridized carbons (Fsp3) is 0.474. The number of rotatable bonds is 11. The van der Waals surface area contributed by atoms with Crippen LogP contribution in [-0.2, 0) is 18.9 Å². The molecule has 4 N–H and O–H groups in total. The van der Waals surface area contributed by atoms with Gasteiger partial charge in [0.15, 0.2) is 0 Å². The Morgan fingerprint density at radius 1 is 1.20 bits per heavy atom. The Morgan fingerprint density at radius 3 is 2.23 bits per heavy atom. The molecule has 0 aliphatic rings. The normalized spacial score (nSPS) is 10.6. The second-order valence-electron chi connectivity index (χ2n) is 6.23. The third kappa shape index (κ3) is 12.7. The zero-order chi connectivity index (χ0) is 23.2. The van der Waals surface area contributed by atoms with Crippen LogP contribution in [0.15, 0.2) is 35.9 Å². The summed E-state index contributed by atoms with van der Waals surface area (Å²) in [6.45, 7) is 7.14. The Morgan fingerprint density at radius 2 is 1.80 bits per heavy atom. The minimum Gasteiger partial charge on any atom is -0.480 e. The Kier molecular flexibility index (Phi) is 14.2. The molecule has 1 aromatic carbocycles. The van der Waals surface area contributed by atoms with Crippen LogP contribution >= 0.6 is 19.2 Å². The Hall–Kier alpha value is -1.74. The fourth-order valence-corrected chi connectivity index (χ4v) is 2.90. The maximum Gasteiger partial charge on any atom is 0.339 e. The molecule has 0 unspecified atom stereocenters. The highest BCUT2D eigenvalue weighted by atomic mass is 35.5. The summed E-state index contributed by atoms with van der Waals surface area (Å²) in [5.74, 6) is -1.28. The molecule has 0 aliphatic heterocycles. The molecule has 0 aliphatic carbocycles. The first-order valence-electron chi connectivity index (χ1n) is 9.17. The summed E-state index contributed by atoms with van der Waals surface area (Å²) < 4.78 is 15.4. The molecule has 0 saturated heterocycles. The highest BCUT2D eigenvalue weighted by Crippen LogP contribution is 2.31. The summed E-state index contributed by atoms with van der Waals surface area (Å²) in [6, 6.07) is 9.88. The Balaban J connectivity index is 0.000000710. The quantitative estimate of drug-likeness (QED) is 0.222. The van der Waals surface area contributed by atoms with Crippen LogP contribution in [0, 0.1) is 0 Å². The van der Waals surface area contributed by atoms with Gasteiger partial charge in [0.05, 0.1) is 19.4 Å². The first kappa shape index (κ1) is 28.3. The zero-order valence-corrected chi connectivity index (χ0v) is 19.0. The van der Waals surface area contributed by atoms with Crippen LogP contribution in [0.1, 0.15) is 26.3 Å². The van der Waals surface area contributed by atoms with Crippen molar-refractivity contribution in [3.63, 3.8) is 0 Å². The highest BCUT2D eigenvalue weighted by Gasteiger charge is 2.19. The van der Waals surface area contributed by atoms with Crippen LogP contribution in [0.4, 0.5) is 0 Å². The number of aliphatic carboxylic acids is 1. The van der Waals surface area contributed by atoms with E-state index in [4.69, 9.17) is 31.2 Å². The van der Waals surface area contributed by atoms with Crippen molar-refractivity contribution in [1.82, 2.24) is 10.2 Å².